The van der Waals surface area contributed by atoms with Crippen molar-refractivity contribution in [3.05, 3.63) is 98.2 Å². The maximum atomic E-state index is 12.6. The highest BCUT2D eigenvalue weighted by Crippen LogP contribution is 2.37. The summed E-state index contributed by atoms with van der Waals surface area (Å²) in [5, 5.41) is 9.87. The van der Waals surface area contributed by atoms with Gasteiger partial charge in [0.25, 0.3) is 0 Å². The van der Waals surface area contributed by atoms with E-state index in [-0.39, 0.29) is 41.1 Å². The van der Waals surface area contributed by atoms with Gasteiger partial charge < -0.3 is 14.6 Å². The molecule has 1 aromatic heterocycles. The number of ketones is 1. The SMILES string of the molecule is COc1cc(COC[C@H]2C(=O)C=C(Cl)[C@@H]2CCc2ccc(C(C)(C)c3ccccc3)cc2)sc1C(=O)O. The molecule has 7 heteroatoms. The third kappa shape index (κ3) is 6.15. The lowest BCUT2D eigenvalue weighted by atomic mass is 9.78. The number of allylic oxidation sites excluding steroid dienone is 2. The number of halogens is 1. The lowest BCUT2D eigenvalue weighted by Crippen LogP contribution is -2.23. The number of hydrogen-bond acceptors (Lipinski definition) is 5. The van der Waals surface area contributed by atoms with Gasteiger partial charge in [-0.2, -0.15) is 0 Å². The summed E-state index contributed by atoms with van der Waals surface area (Å²) in [4.78, 5) is 24.8. The van der Waals surface area contributed by atoms with Crippen LogP contribution in [0.25, 0.3) is 0 Å². The number of methoxy groups -OCH3 is 1. The van der Waals surface area contributed by atoms with Crippen molar-refractivity contribution in [1.29, 1.82) is 0 Å². The van der Waals surface area contributed by atoms with Gasteiger partial charge >= 0.3 is 5.97 Å². The van der Waals surface area contributed by atoms with Crippen molar-refractivity contribution >= 4 is 34.7 Å². The Bertz CT molecular complexity index is 1280. The molecule has 194 valence electrons. The minimum atomic E-state index is -1.04. The number of aryl methyl sites for hydroxylation is 1. The molecule has 0 amide bonds. The number of ether oxygens (including phenoxy) is 2. The van der Waals surface area contributed by atoms with Gasteiger partial charge in [0.2, 0.25) is 0 Å². The Morgan fingerprint density at radius 1 is 1.05 bits per heavy atom. The van der Waals surface area contributed by atoms with Crippen molar-refractivity contribution in [1.82, 2.24) is 0 Å². The Morgan fingerprint density at radius 2 is 1.73 bits per heavy atom. The van der Waals surface area contributed by atoms with Crippen LogP contribution in [-0.4, -0.2) is 30.6 Å². The fourth-order valence-corrected chi connectivity index (χ4v) is 6.06. The van der Waals surface area contributed by atoms with Crippen molar-refractivity contribution in [2.75, 3.05) is 13.7 Å². The number of aromatic carboxylic acids is 1. The summed E-state index contributed by atoms with van der Waals surface area (Å²) in [6, 6.07) is 20.8. The maximum Gasteiger partial charge on any atom is 0.349 e. The van der Waals surface area contributed by atoms with E-state index < -0.39 is 5.97 Å². The molecule has 1 aliphatic carbocycles. The summed E-state index contributed by atoms with van der Waals surface area (Å²) in [7, 11) is 1.44. The average Bonchev–Trinajstić information content (AvgIpc) is 3.43. The molecule has 1 heterocycles. The molecule has 0 aliphatic heterocycles. The van der Waals surface area contributed by atoms with Crippen LogP contribution in [0.15, 0.2) is 71.8 Å². The quantitative estimate of drug-likeness (QED) is 0.288. The Balaban J connectivity index is 1.35. The summed E-state index contributed by atoms with van der Waals surface area (Å²) in [5.41, 5.74) is 3.62. The van der Waals surface area contributed by atoms with Crippen LogP contribution in [0.5, 0.6) is 5.75 Å². The molecule has 0 saturated heterocycles. The van der Waals surface area contributed by atoms with Crippen LogP contribution in [-0.2, 0) is 28.0 Å². The molecule has 0 unspecified atom stereocenters. The minimum absolute atomic E-state index is 0.0232. The molecule has 2 atom stereocenters. The lowest BCUT2D eigenvalue weighted by molar-refractivity contribution is -0.120. The lowest BCUT2D eigenvalue weighted by Gasteiger charge is -2.26. The van der Waals surface area contributed by atoms with E-state index in [0.717, 1.165) is 29.1 Å². The van der Waals surface area contributed by atoms with Gasteiger partial charge in [0.15, 0.2) is 10.7 Å². The Morgan fingerprint density at radius 3 is 2.35 bits per heavy atom. The third-order valence-electron chi connectivity index (χ3n) is 7.11. The molecule has 3 aromatic rings. The summed E-state index contributed by atoms with van der Waals surface area (Å²) in [6.07, 6.45) is 3.06. The number of carboxylic acids is 1. The fourth-order valence-electron chi connectivity index (χ4n) is 4.79. The first kappa shape index (κ1) is 27.1. The smallest absolute Gasteiger partial charge is 0.349 e. The Kier molecular flexibility index (Phi) is 8.53. The van der Waals surface area contributed by atoms with Crippen LogP contribution in [0.2, 0.25) is 0 Å². The third-order valence-corrected chi connectivity index (χ3v) is 8.57. The van der Waals surface area contributed by atoms with Gasteiger partial charge in [-0.05, 0) is 41.7 Å². The van der Waals surface area contributed by atoms with Gasteiger partial charge in [-0.1, -0.05) is 80.0 Å². The second-order valence-corrected chi connectivity index (χ2v) is 11.4. The van der Waals surface area contributed by atoms with Crippen LogP contribution < -0.4 is 4.74 Å². The number of rotatable bonds is 11. The highest BCUT2D eigenvalue weighted by atomic mass is 35.5. The van der Waals surface area contributed by atoms with Crippen LogP contribution in [0.1, 0.15) is 51.5 Å². The largest absolute Gasteiger partial charge is 0.495 e. The van der Waals surface area contributed by atoms with Crippen molar-refractivity contribution in [3.8, 4) is 5.75 Å². The molecule has 37 heavy (non-hydrogen) atoms. The first-order valence-electron chi connectivity index (χ1n) is 12.2. The predicted molar refractivity (Wildman–Crippen MR) is 147 cm³/mol. The Hall–Kier alpha value is -2.93. The van der Waals surface area contributed by atoms with Crippen LogP contribution in [0.3, 0.4) is 0 Å². The Labute approximate surface area is 226 Å². The van der Waals surface area contributed by atoms with Crippen LogP contribution in [0.4, 0.5) is 0 Å². The zero-order valence-corrected chi connectivity index (χ0v) is 22.8. The van der Waals surface area contributed by atoms with Crippen molar-refractivity contribution < 1.29 is 24.2 Å². The van der Waals surface area contributed by atoms with E-state index >= 15 is 0 Å². The number of carbonyl (C=O) groups excluding carboxylic acids is 1. The minimum Gasteiger partial charge on any atom is -0.495 e. The zero-order chi connectivity index (χ0) is 26.6. The highest BCUT2D eigenvalue weighted by Gasteiger charge is 2.35. The fraction of sp³-hybridized carbons (Fsp3) is 0.333. The molecule has 5 nitrogen and oxygen atoms in total. The second-order valence-electron chi connectivity index (χ2n) is 9.80. The zero-order valence-electron chi connectivity index (χ0n) is 21.2. The molecular formula is C30H31ClO5S. The molecule has 0 saturated carbocycles. The normalized spacial score (nSPS) is 17.6. The van der Waals surface area contributed by atoms with Gasteiger partial charge in [-0.25, -0.2) is 4.79 Å². The second kappa shape index (κ2) is 11.6. The van der Waals surface area contributed by atoms with E-state index in [1.165, 1.54) is 29.9 Å². The van der Waals surface area contributed by atoms with Gasteiger partial charge in [0.05, 0.1) is 26.2 Å². The monoisotopic (exact) mass is 538 g/mol. The molecular weight excluding hydrogens is 508 g/mol. The van der Waals surface area contributed by atoms with E-state index in [4.69, 9.17) is 21.1 Å². The molecule has 0 spiro atoms. The topological polar surface area (TPSA) is 72.8 Å². The molecule has 2 aromatic carbocycles. The van der Waals surface area contributed by atoms with E-state index in [2.05, 4.69) is 62.4 Å². The number of carboxylic acid groups (broad SMARTS) is 1. The van der Waals surface area contributed by atoms with E-state index in [0.29, 0.717) is 10.8 Å². The standard InChI is InChI=1S/C30H31ClO5S/c1-30(2,20-7-5-4-6-8-20)21-12-9-19(10-13-21)11-14-23-24(26(32)16-25(23)31)18-36-17-22-15-27(35-3)28(37-22)29(33)34/h4-10,12-13,15-16,23-24H,11,14,17-18H2,1-3H3,(H,33,34)/t23-,24-/m1/s1. The van der Waals surface area contributed by atoms with Crippen LogP contribution >= 0.6 is 22.9 Å². The average molecular weight is 539 g/mol. The van der Waals surface area contributed by atoms with Crippen molar-refractivity contribution in [3.63, 3.8) is 0 Å². The summed E-state index contributed by atoms with van der Waals surface area (Å²) in [5.74, 6) is -1.18. The van der Waals surface area contributed by atoms with Gasteiger partial charge in [-0.3, -0.25) is 4.79 Å². The van der Waals surface area contributed by atoms with Crippen molar-refractivity contribution in [2.24, 2.45) is 11.8 Å². The number of carbonyl (C=O) groups is 2. The molecule has 1 aliphatic rings. The van der Waals surface area contributed by atoms with Gasteiger partial charge in [0.1, 0.15) is 5.75 Å². The summed E-state index contributed by atoms with van der Waals surface area (Å²) in [6.45, 7) is 4.89. The van der Waals surface area contributed by atoms with E-state index in [1.54, 1.807) is 6.07 Å². The number of benzene rings is 2. The predicted octanol–water partition coefficient (Wildman–Crippen LogP) is 6.87. The van der Waals surface area contributed by atoms with Gasteiger partial charge in [0, 0.05) is 21.2 Å². The molecule has 0 radical (unpaired) electrons. The highest BCUT2D eigenvalue weighted by molar-refractivity contribution is 7.14. The van der Waals surface area contributed by atoms with Gasteiger partial charge in [-0.15, -0.1) is 11.3 Å². The molecule has 0 bridgehead atoms. The van der Waals surface area contributed by atoms with E-state index in [1.807, 2.05) is 6.07 Å². The summed E-state index contributed by atoms with van der Waals surface area (Å²) >= 11 is 7.58. The molecule has 4 rings (SSSR count). The first-order valence-corrected chi connectivity index (χ1v) is 13.4. The number of hydrogen-bond donors (Lipinski definition) is 1. The van der Waals surface area contributed by atoms with Crippen LogP contribution in [0, 0.1) is 11.8 Å². The first-order chi connectivity index (χ1) is 17.7. The molecule has 1 N–H and O–H groups in total. The van der Waals surface area contributed by atoms with Crippen molar-refractivity contribution in [2.45, 2.75) is 38.7 Å². The summed E-state index contributed by atoms with van der Waals surface area (Å²) < 4.78 is 11.0. The maximum absolute atomic E-state index is 12.6. The van der Waals surface area contributed by atoms with E-state index in [9.17, 15) is 14.7 Å². The number of thiophene rings is 1. The molecule has 0 fully saturated rings.